The van der Waals surface area contributed by atoms with Crippen LogP contribution in [0.4, 0.5) is 0 Å². The van der Waals surface area contributed by atoms with E-state index in [1.165, 1.54) is 23.1 Å². The molecule has 0 saturated heterocycles. The molecule has 0 radical (unpaired) electrons. The van der Waals surface area contributed by atoms with Crippen molar-refractivity contribution in [1.82, 2.24) is 9.88 Å². The van der Waals surface area contributed by atoms with E-state index in [1.807, 2.05) is 12.3 Å². The molecule has 0 aromatic carbocycles. The van der Waals surface area contributed by atoms with Gasteiger partial charge in [0, 0.05) is 12.4 Å². The van der Waals surface area contributed by atoms with Gasteiger partial charge in [-0.05, 0) is 26.7 Å². The van der Waals surface area contributed by atoms with Crippen molar-refractivity contribution in [2.24, 2.45) is 0 Å². The highest BCUT2D eigenvalue weighted by molar-refractivity contribution is 8.02. The number of hydrogen-bond acceptors (Lipinski definition) is 7. The summed E-state index contributed by atoms with van der Waals surface area (Å²) in [5, 5.41) is 11.1. The summed E-state index contributed by atoms with van der Waals surface area (Å²) in [5.74, 6) is -0.355. The van der Waals surface area contributed by atoms with E-state index in [4.69, 9.17) is 4.74 Å². The van der Waals surface area contributed by atoms with Crippen LogP contribution in [0.3, 0.4) is 0 Å². The Morgan fingerprint density at radius 2 is 2.15 bits per heavy atom. The SMILES string of the molecule is CCOC(=O)Cc1csc(S[C@@H](C)C(=O)N(C)C2(C#N)CCCCC2)n1. The lowest BCUT2D eigenvalue weighted by molar-refractivity contribution is -0.142. The molecule has 0 unspecified atom stereocenters. The van der Waals surface area contributed by atoms with E-state index in [0.717, 1.165) is 36.4 Å². The molecular formula is C18H25N3O3S2. The third-order valence-corrected chi connectivity index (χ3v) is 6.76. The molecule has 0 N–H and O–H groups in total. The molecule has 0 bridgehead atoms. The van der Waals surface area contributed by atoms with Gasteiger partial charge in [0.1, 0.15) is 5.54 Å². The molecule has 26 heavy (non-hydrogen) atoms. The summed E-state index contributed by atoms with van der Waals surface area (Å²) in [6.07, 6.45) is 4.71. The van der Waals surface area contributed by atoms with Crippen LogP contribution in [0, 0.1) is 11.3 Å². The first-order valence-electron chi connectivity index (χ1n) is 8.87. The summed E-state index contributed by atoms with van der Waals surface area (Å²) in [5.41, 5.74) is -0.0213. The quantitative estimate of drug-likeness (QED) is 0.520. The Bertz CT molecular complexity index is 677. The number of carbonyl (C=O) groups is 2. The van der Waals surface area contributed by atoms with Crippen molar-refractivity contribution in [1.29, 1.82) is 5.26 Å². The maximum absolute atomic E-state index is 12.8. The highest BCUT2D eigenvalue weighted by atomic mass is 32.2. The molecule has 1 saturated carbocycles. The van der Waals surface area contributed by atoms with Gasteiger partial charge < -0.3 is 9.64 Å². The summed E-state index contributed by atoms with van der Waals surface area (Å²) < 4.78 is 5.67. The Labute approximate surface area is 162 Å². The second-order valence-corrected chi connectivity index (χ2v) is 8.89. The molecule has 1 atom stereocenters. The Balaban J connectivity index is 1.97. The highest BCUT2D eigenvalue weighted by Crippen LogP contribution is 2.35. The normalized spacial score (nSPS) is 17.2. The number of thioether (sulfide) groups is 1. The van der Waals surface area contributed by atoms with E-state index in [-0.39, 0.29) is 23.5 Å². The van der Waals surface area contributed by atoms with Gasteiger partial charge in [-0.15, -0.1) is 11.3 Å². The fraction of sp³-hybridized carbons (Fsp3) is 0.667. The monoisotopic (exact) mass is 395 g/mol. The minimum Gasteiger partial charge on any atom is -0.466 e. The van der Waals surface area contributed by atoms with Crippen molar-refractivity contribution in [3.63, 3.8) is 0 Å². The number of ether oxygens (including phenoxy) is 1. The first kappa shape index (κ1) is 20.7. The molecule has 1 aliphatic rings. The molecule has 1 aliphatic carbocycles. The molecule has 6 nitrogen and oxygen atoms in total. The van der Waals surface area contributed by atoms with Crippen molar-refractivity contribution in [3.8, 4) is 6.07 Å². The van der Waals surface area contributed by atoms with Crippen molar-refractivity contribution >= 4 is 35.0 Å². The average molecular weight is 396 g/mol. The molecule has 2 rings (SSSR count). The van der Waals surface area contributed by atoms with Crippen molar-refractivity contribution in [2.45, 2.75) is 67.5 Å². The van der Waals surface area contributed by atoms with Gasteiger partial charge in [0.2, 0.25) is 5.91 Å². The molecule has 8 heteroatoms. The molecule has 1 aromatic rings. The number of esters is 1. The van der Waals surface area contributed by atoms with Gasteiger partial charge in [0.25, 0.3) is 0 Å². The van der Waals surface area contributed by atoms with Crippen molar-refractivity contribution < 1.29 is 14.3 Å². The Morgan fingerprint density at radius 3 is 2.77 bits per heavy atom. The maximum atomic E-state index is 12.8. The zero-order valence-electron chi connectivity index (χ0n) is 15.5. The second-order valence-electron chi connectivity index (χ2n) is 6.45. The third kappa shape index (κ3) is 4.98. The van der Waals surface area contributed by atoms with Crippen LogP contribution < -0.4 is 0 Å². The van der Waals surface area contributed by atoms with E-state index in [0.29, 0.717) is 12.3 Å². The van der Waals surface area contributed by atoms with E-state index < -0.39 is 5.54 Å². The van der Waals surface area contributed by atoms with E-state index in [2.05, 4.69) is 11.1 Å². The van der Waals surface area contributed by atoms with Gasteiger partial charge in [0.15, 0.2) is 4.34 Å². The van der Waals surface area contributed by atoms with Crippen LogP contribution in [0.1, 0.15) is 51.6 Å². The smallest absolute Gasteiger partial charge is 0.311 e. The maximum Gasteiger partial charge on any atom is 0.311 e. The summed E-state index contributed by atoms with van der Waals surface area (Å²) in [4.78, 5) is 30.4. The molecule has 0 spiro atoms. The van der Waals surface area contributed by atoms with Crippen LogP contribution in [-0.4, -0.2) is 46.2 Å². The van der Waals surface area contributed by atoms with Crippen LogP contribution in [0.25, 0.3) is 0 Å². The zero-order chi connectivity index (χ0) is 19.2. The van der Waals surface area contributed by atoms with Crippen molar-refractivity contribution in [3.05, 3.63) is 11.1 Å². The van der Waals surface area contributed by atoms with Gasteiger partial charge in [-0.2, -0.15) is 5.26 Å². The molecule has 1 fully saturated rings. The van der Waals surface area contributed by atoms with E-state index in [9.17, 15) is 14.9 Å². The van der Waals surface area contributed by atoms with Crippen LogP contribution >= 0.6 is 23.1 Å². The fourth-order valence-electron chi connectivity index (χ4n) is 3.13. The number of thiazole rings is 1. The Kier molecular flexibility index (Phi) is 7.47. The predicted octanol–water partition coefficient (Wildman–Crippen LogP) is 3.41. The van der Waals surface area contributed by atoms with Gasteiger partial charge >= 0.3 is 5.97 Å². The molecule has 1 amide bonds. The number of amides is 1. The highest BCUT2D eigenvalue weighted by Gasteiger charge is 2.40. The minimum absolute atomic E-state index is 0.0550. The minimum atomic E-state index is -0.678. The topological polar surface area (TPSA) is 83.3 Å². The molecule has 1 aromatic heterocycles. The number of nitrogens with zero attached hydrogens (tertiary/aromatic N) is 3. The predicted molar refractivity (Wildman–Crippen MR) is 102 cm³/mol. The van der Waals surface area contributed by atoms with E-state index in [1.54, 1.807) is 18.9 Å². The fourth-order valence-corrected chi connectivity index (χ4v) is 5.20. The lowest BCUT2D eigenvalue weighted by Crippen LogP contribution is -2.52. The first-order valence-corrected chi connectivity index (χ1v) is 10.6. The molecule has 0 aliphatic heterocycles. The van der Waals surface area contributed by atoms with E-state index >= 15 is 0 Å². The largest absolute Gasteiger partial charge is 0.466 e. The number of rotatable bonds is 7. The summed E-state index contributed by atoms with van der Waals surface area (Å²) >= 11 is 2.78. The molecule has 142 valence electrons. The molecule has 1 heterocycles. The summed E-state index contributed by atoms with van der Waals surface area (Å²) in [6.45, 7) is 3.96. The van der Waals surface area contributed by atoms with Crippen LogP contribution in [0.2, 0.25) is 0 Å². The number of carbonyl (C=O) groups excluding carboxylic acids is 2. The lowest BCUT2D eigenvalue weighted by atomic mass is 9.81. The van der Waals surface area contributed by atoms with Gasteiger partial charge in [-0.1, -0.05) is 31.0 Å². The van der Waals surface area contributed by atoms with Crippen LogP contribution in [0.5, 0.6) is 0 Å². The summed E-state index contributed by atoms with van der Waals surface area (Å²) in [6, 6.07) is 2.39. The third-order valence-electron chi connectivity index (χ3n) is 4.65. The number of hydrogen-bond donors (Lipinski definition) is 0. The van der Waals surface area contributed by atoms with Gasteiger partial charge in [-0.25, -0.2) is 4.98 Å². The van der Waals surface area contributed by atoms with Crippen LogP contribution in [-0.2, 0) is 20.7 Å². The second kappa shape index (κ2) is 9.38. The van der Waals surface area contributed by atoms with Crippen LogP contribution in [0.15, 0.2) is 9.72 Å². The summed E-state index contributed by atoms with van der Waals surface area (Å²) in [7, 11) is 1.74. The van der Waals surface area contributed by atoms with Gasteiger partial charge in [-0.3, -0.25) is 9.59 Å². The Hall–Kier alpha value is -1.59. The molecular weight excluding hydrogens is 370 g/mol. The number of aromatic nitrogens is 1. The zero-order valence-corrected chi connectivity index (χ0v) is 17.1. The lowest BCUT2D eigenvalue weighted by Gasteiger charge is -2.40. The first-order chi connectivity index (χ1) is 12.4. The number of nitriles is 1. The average Bonchev–Trinajstić information content (AvgIpc) is 3.07. The van der Waals surface area contributed by atoms with Gasteiger partial charge in [0.05, 0.1) is 30.0 Å². The standard InChI is InChI=1S/C18H25N3O3S2/c1-4-24-15(22)10-14-11-25-17(20-14)26-13(2)16(23)21(3)18(12-19)8-6-5-7-9-18/h11,13H,4-10H2,1-3H3/t13-/m0/s1. The Morgan fingerprint density at radius 1 is 1.46 bits per heavy atom. The van der Waals surface area contributed by atoms with Crippen molar-refractivity contribution in [2.75, 3.05) is 13.7 Å².